The van der Waals surface area contributed by atoms with Crippen molar-refractivity contribution in [2.75, 3.05) is 13.2 Å². The minimum Gasteiger partial charge on any atom is -0.347 e. The molecule has 2 unspecified atom stereocenters. The van der Waals surface area contributed by atoms with Gasteiger partial charge in [0.25, 0.3) is 0 Å². The molecule has 3 rings (SSSR count). The van der Waals surface area contributed by atoms with Crippen molar-refractivity contribution in [3.8, 4) is 0 Å². The van der Waals surface area contributed by atoms with Crippen LogP contribution in [-0.2, 0) is 9.47 Å². The molecule has 0 radical (unpaired) electrons. The Morgan fingerprint density at radius 1 is 1.00 bits per heavy atom. The summed E-state index contributed by atoms with van der Waals surface area (Å²) in [4.78, 5) is 0. The Bertz CT molecular complexity index is 395. The number of hydrogen-bond donors (Lipinski definition) is 0. The van der Waals surface area contributed by atoms with Crippen LogP contribution in [0.5, 0.6) is 0 Å². The van der Waals surface area contributed by atoms with E-state index in [1.165, 1.54) is 12.8 Å². The highest BCUT2D eigenvalue weighted by atomic mass is 28.3. The average molecular weight is 295 g/mol. The van der Waals surface area contributed by atoms with Gasteiger partial charge in [0.2, 0.25) is 0 Å². The molecule has 1 aliphatic heterocycles. The molecule has 0 bridgehead atoms. The molecule has 3 heteroatoms. The van der Waals surface area contributed by atoms with Crippen LogP contribution in [0.15, 0.2) is 11.6 Å². The van der Waals surface area contributed by atoms with E-state index in [4.69, 9.17) is 9.47 Å². The van der Waals surface area contributed by atoms with Crippen LogP contribution in [0.1, 0.15) is 39.5 Å². The molecule has 0 amide bonds. The van der Waals surface area contributed by atoms with E-state index < -0.39 is 8.07 Å². The summed E-state index contributed by atoms with van der Waals surface area (Å²) in [6.45, 7) is 13.9. The molecule has 2 saturated carbocycles. The molecule has 1 saturated heterocycles. The maximum absolute atomic E-state index is 5.94. The van der Waals surface area contributed by atoms with Crippen LogP contribution in [0.4, 0.5) is 0 Å². The molecular weight excluding hydrogens is 264 g/mol. The van der Waals surface area contributed by atoms with E-state index >= 15 is 0 Å². The molecule has 2 aliphatic carbocycles. The molecule has 20 heavy (non-hydrogen) atoms. The second-order valence-corrected chi connectivity index (χ2v) is 13.9. The van der Waals surface area contributed by atoms with Crippen LogP contribution in [0, 0.1) is 11.8 Å². The number of hydrogen-bond acceptors (Lipinski definition) is 2. The monoisotopic (exact) mass is 294 g/mol. The lowest BCUT2D eigenvalue weighted by Gasteiger charge is -2.41. The summed E-state index contributed by atoms with van der Waals surface area (Å²) in [5.41, 5.74) is 1.69. The fourth-order valence-corrected chi connectivity index (χ4v) is 6.54. The fourth-order valence-electron chi connectivity index (χ4n) is 4.32. The highest BCUT2D eigenvalue weighted by molar-refractivity contribution is 6.80. The van der Waals surface area contributed by atoms with Gasteiger partial charge in [-0.2, -0.15) is 0 Å². The Morgan fingerprint density at radius 2 is 1.50 bits per heavy atom. The van der Waals surface area contributed by atoms with Gasteiger partial charge in [0.15, 0.2) is 5.79 Å². The van der Waals surface area contributed by atoms with Gasteiger partial charge in [-0.05, 0) is 29.7 Å². The summed E-state index contributed by atoms with van der Waals surface area (Å²) in [6.07, 6.45) is 7.64. The van der Waals surface area contributed by atoms with Gasteiger partial charge >= 0.3 is 0 Å². The molecule has 1 spiro atoms. The molecule has 0 aromatic rings. The van der Waals surface area contributed by atoms with Gasteiger partial charge in [0.05, 0.1) is 21.3 Å². The van der Waals surface area contributed by atoms with Gasteiger partial charge in [-0.1, -0.05) is 45.1 Å². The SMILES string of the molecule is CC1CC2(CC(C)C1=CC1([Si](C)(C)C)CC1)OCCO2. The Labute approximate surface area is 124 Å². The largest absolute Gasteiger partial charge is 0.347 e. The molecule has 2 atom stereocenters. The number of allylic oxidation sites excluding steroid dienone is 2. The van der Waals surface area contributed by atoms with Crippen molar-refractivity contribution in [3.63, 3.8) is 0 Å². The van der Waals surface area contributed by atoms with Gasteiger partial charge in [-0.25, -0.2) is 0 Å². The third kappa shape index (κ3) is 2.42. The molecule has 0 aromatic carbocycles. The Kier molecular flexibility index (Phi) is 3.47. The van der Waals surface area contributed by atoms with Gasteiger partial charge < -0.3 is 9.47 Å². The molecule has 3 fully saturated rings. The van der Waals surface area contributed by atoms with E-state index in [1.54, 1.807) is 5.57 Å². The van der Waals surface area contributed by atoms with Crippen LogP contribution in [0.3, 0.4) is 0 Å². The van der Waals surface area contributed by atoms with Crippen molar-refractivity contribution in [2.24, 2.45) is 11.8 Å². The molecule has 0 aromatic heterocycles. The van der Waals surface area contributed by atoms with Gasteiger partial charge in [-0.3, -0.25) is 0 Å². The highest BCUT2D eigenvalue weighted by Crippen LogP contribution is 2.63. The van der Waals surface area contributed by atoms with Crippen LogP contribution in [0.25, 0.3) is 0 Å². The van der Waals surface area contributed by atoms with E-state index in [1.807, 2.05) is 0 Å². The van der Waals surface area contributed by atoms with Crippen molar-refractivity contribution < 1.29 is 9.47 Å². The second-order valence-electron chi connectivity index (χ2n) is 8.37. The fraction of sp³-hybridized carbons (Fsp3) is 0.882. The van der Waals surface area contributed by atoms with Crippen molar-refractivity contribution in [1.82, 2.24) is 0 Å². The van der Waals surface area contributed by atoms with E-state index in [0.29, 0.717) is 16.9 Å². The highest BCUT2D eigenvalue weighted by Gasteiger charge is 2.53. The normalized spacial score (nSPS) is 35.4. The number of ether oxygens (including phenoxy) is 2. The third-order valence-corrected chi connectivity index (χ3v) is 9.54. The van der Waals surface area contributed by atoms with Crippen molar-refractivity contribution in [3.05, 3.63) is 11.6 Å². The lowest BCUT2D eigenvalue weighted by Crippen LogP contribution is -2.40. The first-order valence-corrected chi connectivity index (χ1v) is 11.8. The van der Waals surface area contributed by atoms with Crippen LogP contribution in [-0.4, -0.2) is 27.1 Å². The molecule has 0 N–H and O–H groups in total. The summed E-state index contributed by atoms with van der Waals surface area (Å²) >= 11 is 0. The Balaban J connectivity index is 1.82. The predicted octanol–water partition coefficient (Wildman–Crippen LogP) is 4.59. The minimum absolute atomic E-state index is 0.258. The quantitative estimate of drug-likeness (QED) is 0.547. The van der Waals surface area contributed by atoms with Gasteiger partial charge in [0.1, 0.15) is 0 Å². The summed E-state index contributed by atoms with van der Waals surface area (Å²) in [5.74, 6) is 0.947. The smallest absolute Gasteiger partial charge is 0.169 e. The maximum atomic E-state index is 5.94. The van der Waals surface area contributed by atoms with Crippen molar-refractivity contribution in [1.29, 1.82) is 0 Å². The summed E-state index contributed by atoms with van der Waals surface area (Å²) in [7, 11) is -1.10. The lowest BCUT2D eigenvalue weighted by atomic mass is 9.74. The first-order chi connectivity index (χ1) is 9.27. The summed E-state index contributed by atoms with van der Waals surface area (Å²) in [6, 6.07) is 0. The zero-order valence-electron chi connectivity index (χ0n) is 13.8. The third-order valence-electron chi connectivity index (χ3n) is 5.91. The summed E-state index contributed by atoms with van der Waals surface area (Å²) in [5, 5.41) is 0.590. The van der Waals surface area contributed by atoms with E-state index in [0.717, 1.165) is 26.1 Å². The molecule has 1 heterocycles. The van der Waals surface area contributed by atoms with Gasteiger partial charge in [-0.15, -0.1) is 0 Å². The zero-order chi connectivity index (χ0) is 14.6. The predicted molar refractivity (Wildman–Crippen MR) is 85.6 cm³/mol. The van der Waals surface area contributed by atoms with E-state index in [9.17, 15) is 0 Å². The molecule has 2 nitrogen and oxygen atoms in total. The summed E-state index contributed by atoms with van der Waals surface area (Å²) < 4.78 is 11.9. The topological polar surface area (TPSA) is 18.5 Å². The average Bonchev–Trinajstić information content (AvgIpc) is 3.01. The Hall–Kier alpha value is -0.123. The zero-order valence-corrected chi connectivity index (χ0v) is 14.8. The first-order valence-electron chi connectivity index (χ1n) is 8.28. The first kappa shape index (κ1) is 14.8. The van der Waals surface area contributed by atoms with E-state index in [-0.39, 0.29) is 5.79 Å². The van der Waals surface area contributed by atoms with Crippen LogP contribution in [0.2, 0.25) is 24.7 Å². The minimum atomic E-state index is -1.10. The standard InChI is InChI=1S/C17H30O2Si/c1-13-10-17(18-8-9-19-17)11-14(2)15(13)12-16(6-7-16)20(3,4)5/h12-14H,6-11H2,1-5H3. The molecule has 114 valence electrons. The molecular formula is C17H30O2Si. The van der Waals surface area contributed by atoms with E-state index in [2.05, 4.69) is 39.6 Å². The van der Waals surface area contributed by atoms with Crippen LogP contribution < -0.4 is 0 Å². The van der Waals surface area contributed by atoms with Crippen LogP contribution >= 0.6 is 0 Å². The lowest BCUT2D eigenvalue weighted by molar-refractivity contribution is -0.186. The van der Waals surface area contributed by atoms with Crippen molar-refractivity contribution >= 4 is 8.07 Å². The maximum Gasteiger partial charge on any atom is 0.169 e. The second kappa shape index (κ2) is 4.69. The molecule has 3 aliphatic rings. The number of rotatable bonds is 2. The van der Waals surface area contributed by atoms with Crippen molar-refractivity contribution in [2.45, 2.75) is 70.0 Å². The Morgan fingerprint density at radius 3 is 1.90 bits per heavy atom. The van der Waals surface area contributed by atoms with Gasteiger partial charge in [0, 0.05) is 12.8 Å².